The van der Waals surface area contributed by atoms with Crippen LogP contribution in [-0.4, -0.2) is 11.7 Å². The Labute approximate surface area is 70.1 Å². The van der Waals surface area contributed by atoms with Crippen LogP contribution in [0.15, 0.2) is 11.6 Å². The Balaban J connectivity index is 4.27. The summed E-state index contributed by atoms with van der Waals surface area (Å²) in [6, 6.07) is 0. The van der Waals surface area contributed by atoms with Crippen LogP contribution in [0.25, 0.3) is 0 Å². The van der Waals surface area contributed by atoms with E-state index in [0.717, 1.165) is 12.8 Å². The zero-order chi connectivity index (χ0) is 8.91. The van der Waals surface area contributed by atoms with Gasteiger partial charge in [-0.05, 0) is 19.8 Å². The van der Waals surface area contributed by atoms with E-state index in [9.17, 15) is 0 Å². The van der Waals surface area contributed by atoms with Crippen LogP contribution in [0.3, 0.4) is 0 Å². The lowest BCUT2D eigenvalue weighted by Crippen LogP contribution is -2.17. The molecule has 1 atom stereocenters. The van der Waals surface area contributed by atoms with Gasteiger partial charge in [-0.3, -0.25) is 0 Å². The highest BCUT2D eigenvalue weighted by Crippen LogP contribution is 2.24. The third-order valence-corrected chi connectivity index (χ3v) is 2.32. The molecule has 0 aliphatic heterocycles. The fraction of sp³-hybridized carbons (Fsp3) is 0.800. The van der Waals surface area contributed by atoms with Crippen LogP contribution in [0, 0.1) is 5.41 Å². The highest BCUT2D eigenvalue weighted by Gasteiger charge is 2.16. The lowest BCUT2D eigenvalue weighted by Gasteiger charge is -2.21. The van der Waals surface area contributed by atoms with Crippen LogP contribution in [0.4, 0.5) is 0 Å². The van der Waals surface area contributed by atoms with E-state index in [4.69, 9.17) is 5.11 Å². The van der Waals surface area contributed by atoms with Gasteiger partial charge in [-0.1, -0.05) is 32.4 Å². The topological polar surface area (TPSA) is 20.2 Å². The molecule has 0 spiro atoms. The van der Waals surface area contributed by atoms with Gasteiger partial charge in [0.2, 0.25) is 0 Å². The Morgan fingerprint density at radius 3 is 2.27 bits per heavy atom. The molecule has 1 nitrogen and oxygen atoms in total. The van der Waals surface area contributed by atoms with E-state index in [1.54, 1.807) is 0 Å². The van der Waals surface area contributed by atoms with Crippen molar-refractivity contribution in [3.8, 4) is 0 Å². The molecule has 0 saturated carbocycles. The van der Waals surface area contributed by atoms with Gasteiger partial charge < -0.3 is 5.11 Å². The molecule has 0 aromatic heterocycles. The van der Waals surface area contributed by atoms with E-state index in [-0.39, 0.29) is 12.0 Å². The first-order valence-electron chi connectivity index (χ1n) is 4.37. The fourth-order valence-electron chi connectivity index (χ4n) is 0.956. The summed E-state index contributed by atoms with van der Waals surface area (Å²) in [5.41, 5.74) is 1.36. The highest BCUT2D eigenvalue weighted by molar-refractivity contribution is 5.05. The number of hydrogen-bond donors (Lipinski definition) is 1. The molecule has 0 fully saturated rings. The summed E-state index contributed by atoms with van der Waals surface area (Å²) in [5, 5.41) is 9.09. The summed E-state index contributed by atoms with van der Waals surface area (Å²) in [4.78, 5) is 0. The SMILES string of the molecule is CCC(C)=CC(C)(CC)CO. The lowest BCUT2D eigenvalue weighted by molar-refractivity contribution is 0.179. The maximum atomic E-state index is 9.09. The van der Waals surface area contributed by atoms with Gasteiger partial charge in [0.05, 0.1) is 6.61 Å². The molecule has 0 aliphatic rings. The zero-order valence-corrected chi connectivity index (χ0v) is 8.15. The van der Waals surface area contributed by atoms with Crippen molar-refractivity contribution in [3.63, 3.8) is 0 Å². The quantitative estimate of drug-likeness (QED) is 0.620. The number of aliphatic hydroxyl groups is 1. The van der Waals surface area contributed by atoms with E-state index in [0.29, 0.717) is 0 Å². The Kier molecular flexibility index (Phi) is 4.43. The summed E-state index contributed by atoms with van der Waals surface area (Å²) >= 11 is 0. The van der Waals surface area contributed by atoms with Crippen molar-refractivity contribution < 1.29 is 5.11 Å². The summed E-state index contributed by atoms with van der Waals surface area (Å²) < 4.78 is 0. The average molecular weight is 156 g/mol. The van der Waals surface area contributed by atoms with Crippen LogP contribution in [-0.2, 0) is 0 Å². The van der Waals surface area contributed by atoms with E-state index in [1.807, 2.05) is 0 Å². The Hall–Kier alpha value is -0.300. The molecule has 0 aromatic rings. The summed E-state index contributed by atoms with van der Waals surface area (Å²) in [5.74, 6) is 0. The number of rotatable bonds is 4. The normalized spacial score (nSPS) is 18.1. The molecule has 0 aliphatic carbocycles. The van der Waals surface area contributed by atoms with Gasteiger partial charge in [0, 0.05) is 5.41 Å². The molecule has 0 bridgehead atoms. The van der Waals surface area contributed by atoms with Crippen LogP contribution < -0.4 is 0 Å². The van der Waals surface area contributed by atoms with Crippen molar-refractivity contribution in [1.29, 1.82) is 0 Å². The monoisotopic (exact) mass is 156 g/mol. The maximum absolute atomic E-state index is 9.09. The maximum Gasteiger partial charge on any atom is 0.0519 e. The molecule has 1 heteroatoms. The van der Waals surface area contributed by atoms with Crippen molar-refractivity contribution >= 4 is 0 Å². The number of hydrogen-bond acceptors (Lipinski definition) is 1. The summed E-state index contributed by atoms with van der Waals surface area (Å²) in [6.45, 7) is 8.70. The van der Waals surface area contributed by atoms with Crippen LogP contribution >= 0.6 is 0 Å². The minimum absolute atomic E-state index is 0.0000926. The van der Waals surface area contributed by atoms with Crippen molar-refractivity contribution in [2.45, 2.75) is 40.5 Å². The molecule has 1 unspecified atom stereocenters. The smallest absolute Gasteiger partial charge is 0.0519 e. The summed E-state index contributed by atoms with van der Waals surface area (Å²) in [7, 11) is 0. The van der Waals surface area contributed by atoms with E-state index < -0.39 is 0 Å². The van der Waals surface area contributed by atoms with Crippen molar-refractivity contribution in [2.24, 2.45) is 5.41 Å². The second-order valence-corrected chi connectivity index (χ2v) is 3.51. The fourth-order valence-corrected chi connectivity index (χ4v) is 0.956. The minimum atomic E-state index is 0.0000926. The Morgan fingerprint density at radius 2 is 2.00 bits per heavy atom. The molecule has 0 amide bonds. The number of allylic oxidation sites excluding steroid dienone is 1. The second-order valence-electron chi connectivity index (χ2n) is 3.51. The van der Waals surface area contributed by atoms with Gasteiger partial charge in [-0.2, -0.15) is 0 Å². The second kappa shape index (κ2) is 4.55. The predicted octanol–water partition coefficient (Wildman–Crippen LogP) is 2.75. The van der Waals surface area contributed by atoms with Gasteiger partial charge in [-0.25, -0.2) is 0 Å². The Bertz CT molecular complexity index is 132. The molecule has 0 heterocycles. The zero-order valence-electron chi connectivity index (χ0n) is 8.15. The van der Waals surface area contributed by atoms with Crippen molar-refractivity contribution in [1.82, 2.24) is 0 Å². The van der Waals surface area contributed by atoms with Crippen LogP contribution in [0.2, 0.25) is 0 Å². The first-order valence-corrected chi connectivity index (χ1v) is 4.37. The van der Waals surface area contributed by atoms with Gasteiger partial charge in [0.1, 0.15) is 0 Å². The van der Waals surface area contributed by atoms with E-state index in [2.05, 4.69) is 33.8 Å². The molecule has 1 N–H and O–H groups in total. The van der Waals surface area contributed by atoms with Crippen LogP contribution in [0.1, 0.15) is 40.5 Å². The Morgan fingerprint density at radius 1 is 1.45 bits per heavy atom. The first kappa shape index (κ1) is 10.7. The molecular formula is C10H20O. The molecule has 0 saturated heterocycles. The highest BCUT2D eigenvalue weighted by atomic mass is 16.3. The lowest BCUT2D eigenvalue weighted by atomic mass is 9.86. The minimum Gasteiger partial charge on any atom is -0.395 e. The third kappa shape index (κ3) is 3.57. The number of aliphatic hydroxyl groups excluding tert-OH is 1. The predicted molar refractivity (Wildman–Crippen MR) is 49.5 cm³/mol. The molecule has 66 valence electrons. The first-order chi connectivity index (χ1) is 5.08. The summed E-state index contributed by atoms with van der Waals surface area (Å²) in [6.07, 6.45) is 4.27. The van der Waals surface area contributed by atoms with Gasteiger partial charge >= 0.3 is 0 Å². The van der Waals surface area contributed by atoms with Gasteiger partial charge in [0.15, 0.2) is 0 Å². The van der Waals surface area contributed by atoms with Crippen LogP contribution in [0.5, 0.6) is 0 Å². The molecular weight excluding hydrogens is 136 g/mol. The molecule has 11 heavy (non-hydrogen) atoms. The third-order valence-electron chi connectivity index (χ3n) is 2.32. The van der Waals surface area contributed by atoms with Gasteiger partial charge in [0.25, 0.3) is 0 Å². The van der Waals surface area contributed by atoms with Gasteiger partial charge in [-0.15, -0.1) is 0 Å². The van der Waals surface area contributed by atoms with Crippen molar-refractivity contribution in [2.75, 3.05) is 6.61 Å². The van der Waals surface area contributed by atoms with E-state index >= 15 is 0 Å². The van der Waals surface area contributed by atoms with E-state index in [1.165, 1.54) is 5.57 Å². The molecule has 0 radical (unpaired) electrons. The molecule has 0 rings (SSSR count). The average Bonchev–Trinajstić information content (AvgIpc) is 2.04. The largest absolute Gasteiger partial charge is 0.395 e. The standard InChI is InChI=1S/C10H20O/c1-5-9(3)7-10(4,6-2)8-11/h7,11H,5-6,8H2,1-4H3. The van der Waals surface area contributed by atoms with Crippen molar-refractivity contribution in [3.05, 3.63) is 11.6 Å². The molecule has 0 aromatic carbocycles.